The molecule has 0 saturated carbocycles. The first-order valence-electron chi connectivity index (χ1n) is 5.27. The Labute approximate surface area is 105 Å². The minimum Gasteiger partial charge on any atom is -0.294 e. The number of hydrogen-bond acceptors (Lipinski definition) is 3. The second kappa shape index (κ2) is 5.55. The van der Waals surface area contributed by atoms with Gasteiger partial charge in [-0.05, 0) is 18.6 Å². The molecule has 0 saturated heterocycles. The number of Topliss-reactive ketones (excluding diaryl/α,β-unsaturated/α-hetero) is 1. The maximum Gasteiger partial charge on any atom is 0.166 e. The minimum atomic E-state index is 0.109. The summed E-state index contributed by atoms with van der Waals surface area (Å²) < 4.78 is 0. The summed E-state index contributed by atoms with van der Waals surface area (Å²) in [5.41, 5.74) is 1.64. The summed E-state index contributed by atoms with van der Waals surface area (Å²) in [6.45, 7) is 3.78. The first-order valence-corrected chi connectivity index (χ1v) is 6.15. The van der Waals surface area contributed by atoms with Crippen molar-refractivity contribution in [3.05, 3.63) is 65.0 Å². The van der Waals surface area contributed by atoms with Crippen LogP contribution in [0.5, 0.6) is 0 Å². The van der Waals surface area contributed by atoms with Crippen LogP contribution < -0.4 is 0 Å². The van der Waals surface area contributed by atoms with Crippen molar-refractivity contribution in [3.63, 3.8) is 0 Å². The van der Waals surface area contributed by atoms with E-state index in [1.54, 1.807) is 17.5 Å². The zero-order chi connectivity index (χ0) is 12.1. The third-order valence-electron chi connectivity index (χ3n) is 2.29. The van der Waals surface area contributed by atoms with Gasteiger partial charge in [-0.15, -0.1) is 11.3 Å². The van der Waals surface area contributed by atoms with Gasteiger partial charge in [0, 0.05) is 23.6 Å². The Morgan fingerprint density at radius 1 is 1.35 bits per heavy atom. The topological polar surface area (TPSA) is 30.0 Å². The number of carbonyl (C=O) groups is 1. The monoisotopic (exact) mass is 242 g/mol. The Balaban J connectivity index is 1.96. The first kappa shape index (κ1) is 11.7. The molecule has 0 N–H and O–H groups in total. The van der Waals surface area contributed by atoms with Crippen molar-refractivity contribution in [1.29, 1.82) is 0 Å². The van der Waals surface area contributed by atoms with Gasteiger partial charge >= 0.3 is 0 Å². The average molecular weight is 242 g/mol. The molecule has 85 valence electrons. The molecule has 2 aromatic rings. The van der Waals surface area contributed by atoms with Crippen molar-refractivity contribution < 1.29 is 4.79 Å². The lowest BCUT2D eigenvalue weighted by molar-refractivity contribution is 0.0996. The summed E-state index contributed by atoms with van der Waals surface area (Å²) in [5, 5.41) is 2.83. The van der Waals surface area contributed by atoms with E-state index < -0.39 is 0 Å². The normalized spacial score (nSPS) is 10.9. The van der Waals surface area contributed by atoms with E-state index in [1.165, 1.54) is 0 Å². The van der Waals surface area contributed by atoms with Gasteiger partial charge in [-0.25, -0.2) is 4.98 Å². The number of allylic oxidation sites excluding steroid dienone is 1. The van der Waals surface area contributed by atoms with Crippen molar-refractivity contribution in [2.75, 3.05) is 0 Å². The molecule has 2 rings (SSSR count). The van der Waals surface area contributed by atoms with Gasteiger partial charge in [0.2, 0.25) is 0 Å². The highest BCUT2D eigenvalue weighted by atomic mass is 32.1. The van der Waals surface area contributed by atoms with Crippen molar-refractivity contribution in [3.8, 4) is 0 Å². The molecule has 0 fully saturated rings. The van der Waals surface area contributed by atoms with Crippen molar-refractivity contribution >= 4 is 23.2 Å². The number of hydrogen-bond donors (Lipinski definition) is 0. The third-order valence-corrected chi connectivity index (χ3v) is 3.03. The van der Waals surface area contributed by atoms with Crippen LogP contribution in [0.2, 0.25) is 0 Å². The average Bonchev–Trinajstić information content (AvgIpc) is 2.83. The third kappa shape index (κ3) is 3.36. The lowest BCUT2D eigenvalue weighted by Crippen LogP contribution is -1.96. The zero-order valence-electron chi connectivity index (χ0n) is 9.30. The van der Waals surface area contributed by atoms with Crippen LogP contribution in [0.1, 0.15) is 27.3 Å². The predicted molar refractivity (Wildman–Crippen MR) is 71.0 cm³/mol. The largest absolute Gasteiger partial charge is 0.294 e. The van der Waals surface area contributed by atoms with E-state index in [4.69, 9.17) is 0 Å². The molecular weight excluding hydrogens is 230 g/mol. The molecule has 0 atom stereocenters. The number of ketones is 1. The maximum atomic E-state index is 11.8. The van der Waals surface area contributed by atoms with Crippen LogP contribution in [0.25, 0.3) is 6.08 Å². The van der Waals surface area contributed by atoms with E-state index in [0.717, 1.165) is 16.1 Å². The summed E-state index contributed by atoms with van der Waals surface area (Å²) in [7, 11) is 0. The summed E-state index contributed by atoms with van der Waals surface area (Å²) in [6.07, 6.45) is 5.87. The highest BCUT2D eigenvalue weighted by Crippen LogP contribution is 2.09. The van der Waals surface area contributed by atoms with Gasteiger partial charge in [0.05, 0.1) is 0 Å². The molecule has 17 heavy (non-hydrogen) atoms. The van der Waals surface area contributed by atoms with Gasteiger partial charge < -0.3 is 0 Å². The fraction of sp³-hybridized carbons (Fsp3) is 0.0714. The van der Waals surface area contributed by atoms with Crippen molar-refractivity contribution in [2.45, 2.75) is 6.42 Å². The number of rotatable bonds is 4. The lowest BCUT2D eigenvalue weighted by Gasteiger charge is -1.97. The first-order chi connectivity index (χ1) is 8.25. The second-order valence-electron chi connectivity index (χ2n) is 3.60. The summed E-state index contributed by atoms with van der Waals surface area (Å²) in [4.78, 5) is 15.9. The van der Waals surface area contributed by atoms with Crippen molar-refractivity contribution in [2.24, 2.45) is 0 Å². The number of nitrogens with zero attached hydrogens (tertiary/aromatic N) is 1. The number of aromatic nitrogens is 1. The quantitative estimate of drug-likeness (QED) is 0.766. The van der Waals surface area contributed by atoms with Crippen molar-refractivity contribution in [1.82, 2.24) is 4.98 Å². The van der Waals surface area contributed by atoms with E-state index in [-0.39, 0.29) is 5.78 Å². The summed E-state index contributed by atoms with van der Waals surface area (Å²) in [6, 6.07) is 7.30. The Hall–Kier alpha value is -1.74. The van der Waals surface area contributed by atoms with E-state index in [2.05, 4.69) is 11.9 Å². The molecule has 0 aliphatic heterocycles. The molecule has 3 heteroatoms. The smallest absolute Gasteiger partial charge is 0.166 e. The number of thiazole rings is 1. The predicted octanol–water partition coefficient (Wildman–Crippen LogP) is 3.61. The Morgan fingerprint density at radius 3 is 2.76 bits per heavy atom. The highest BCUT2D eigenvalue weighted by Gasteiger charge is 2.02. The molecule has 1 aromatic heterocycles. The molecule has 0 aliphatic rings. The fourth-order valence-electron chi connectivity index (χ4n) is 1.39. The number of carbonyl (C=O) groups excluding carboxylic acids is 1. The molecule has 1 heterocycles. The van der Waals surface area contributed by atoms with Gasteiger partial charge in [0.1, 0.15) is 5.01 Å². The molecule has 0 bridgehead atoms. The van der Waals surface area contributed by atoms with Crippen LogP contribution in [-0.2, 0) is 0 Å². The fourth-order valence-corrected chi connectivity index (χ4v) is 1.95. The molecule has 0 spiro atoms. The van der Waals surface area contributed by atoms with Crippen LogP contribution in [0.15, 0.2) is 41.9 Å². The Bertz CT molecular complexity index is 512. The molecule has 0 unspecified atom stereocenters. The van der Waals surface area contributed by atoms with Crippen LogP contribution >= 0.6 is 11.3 Å². The van der Waals surface area contributed by atoms with Crippen LogP contribution in [0.3, 0.4) is 0 Å². The van der Waals surface area contributed by atoms with Crippen LogP contribution in [-0.4, -0.2) is 10.8 Å². The summed E-state index contributed by atoms with van der Waals surface area (Å²) in [5.74, 6) is 0.109. The SMILES string of the molecule is [CH2]c1ccc(C(=O)CC=Cc2nccs2)cc1. The van der Waals surface area contributed by atoms with Gasteiger partial charge in [-0.1, -0.05) is 30.3 Å². The van der Waals surface area contributed by atoms with Crippen LogP contribution in [0.4, 0.5) is 0 Å². The van der Waals surface area contributed by atoms with Gasteiger partial charge in [0.15, 0.2) is 5.78 Å². The molecule has 0 aliphatic carbocycles. The lowest BCUT2D eigenvalue weighted by atomic mass is 10.1. The van der Waals surface area contributed by atoms with Gasteiger partial charge in [-0.2, -0.15) is 0 Å². The molecule has 0 amide bonds. The van der Waals surface area contributed by atoms with E-state index in [0.29, 0.717) is 6.42 Å². The van der Waals surface area contributed by atoms with Gasteiger partial charge in [0.25, 0.3) is 0 Å². The zero-order valence-corrected chi connectivity index (χ0v) is 10.1. The Kier molecular flexibility index (Phi) is 3.83. The second-order valence-corrected chi connectivity index (χ2v) is 4.52. The molecule has 2 nitrogen and oxygen atoms in total. The highest BCUT2D eigenvalue weighted by molar-refractivity contribution is 7.10. The van der Waals surface area contributed by atoms with E-state index >= 15 is 0 Å². The standard InChI is InChI=1S/C14H12NOS/c1-11-5-7-12(8-6-11)13(16)3-2-4-14-15-9-10-17-14/h2,4-10H,1,3H2. The number of benzene rings is 1. The van der Waals surface area contributed by atoms with E-state index in [1.807, 2.05) is 41.8 Å². The molecular formula is C14H12NOS. The minimum absolute atomic E-state index is 0.109. The van der Waals surface area contributed by atoms with E-state index in [9.17, 15) is 4.79 Å². The molecule has 1 aromatic carbocycles. The maximum absolute atomic E-state index is 11.8. The summed E-state index contributed by atoms with van der Waals surface area (Å²) >= 11 is 1.55. The Morgan fingerprint density at radius 2 is 2.12 bits per heavy atom. The van der Waals surface area contributed by atoms with Crippen LogP contribution in [0, 0.1) is 6.92 Å². The van der Waals surface area contributed by atoms with Gasteiger partial charge in [-0.3, -0.25) is 4.79 Å². The molecule has 1 radical (unpaired) electrons.